The standard InChI is InChI=1S/C35H46N2O7/c1-24(2)11-7-4-5-10-14-32(39)36-23-25-15-18-29(38)30(21-25)42-19-20-43-35(41)33-28-17-16-27(37(28)3)22-31(33)44-34(40)26-12-8-6-9-13-26/h6-9,11-13,15,18,21,24,27-28,31,33,38H,4-5,10,14,16-17,19-20,22-23H2,1-3H3,(H,36,39)/b11-7+/t27-,28-,31?,33?/m1/s1. The van der Waals surface area contributed by atoms with Gasteiger partial charge in [-0.2, -0.15) is 0 Å². The van der Waals surface area contributed by atoms with E-state index in [0.29, 0.717) is 30.9 Å². The summed E-state index contributed by atoms with van der Waals surface area (Å²) in [4.78, 5) is 40.6. The molecule has 4 rings (SSSR count). The van der Waals surface area contributed by atoms with Gasteiger partial charge in [-0.25, -0.2) is 4.79 Å². The summed E-state index contributed by atoms with van der Waals surface area (Å²) >= 11 is 0. The van der Waals surface area contributed by atoms with Crippen LogP contribution in [-0.4, -0.2) is 66.3 Å². The Labute approximate surface area is 260 Å². The van der Waals surface area contributed by atoms with E-state index in [1.54, 1.807) is 36.4 Å². The van der Waals surface area contributed by atoms with E-state index in [4.69, 9.17) is 14.2 Å². The Morgan fingerprint density at radius 1 is 1.07 bits per heavy atom. The molecule has 2 saturated heterocycles. The average Bonchev–Trinajstić information content (AvgIpc) is 3.24. The van der Waals surface area contributed by atoms with Crippen LogP contribution < -0.4 is 10.1 Å². The predicted octanol–water partition coefficient (Wildman–Crippen LogP) is 5.41. The summed E-state index contributed by atoms with van der Waals surface area (Å²) in [6.07, 6.45) is 9.37. The number of hydrogen-bond donors (Lipinski definition) is 2. The molecule has 2 unspecified atom stereocenters. The summed E-state index contributed by atoms with van der Waals surface area (Å²) in [5, 5.41) is 13.2. The van der Waals surface area contributed by atoms with Gasteiger partial charge < -0.3 is 24.6 Å². The van der Waals surface area contributed by atoms with Gasteiger partial charge in [0.15, 0.2) is 11.5 Å². The zero-order chi connectivity index (χ0) is 31.5. The first kappa shape index (κ1) is 33.1. The Bertz CT molecular complexity index is 1280. The van der Waals surface area contributed by atoms with Crippen LogP contribution in [0.4, 0.5) is 0 Å². The number of allylic oxidation sites excluding steroid dienone is 2. The van der Waals surface area contributed by atoms with Crippen molar-refractivity contribution in [3.63, 3.8) is 0 Å². The number of nitrogens with zero attached hydrogens (tertiary/aromatic N) is 1. The molecule has 238 valence electrons. The largest absolute Gasteiger partial charge is 0.504 e. The van der Waals surface area contributed by atoms with Gasteiger partial charge in [0.1, 0.15) is 25.2 Å². The molecule has 9 heteroatoms. The Morgan fingerprint density at radius 2 is 1.86 bits per heavy atom. The minimum Gasteiger partial charge on any atom is -0.504 e. The monoisotopic (exact) mass is 606 g/mol. The van der Waals surface area contributed by atoms with Gasteiger partial charge in [0, 0.05) is 31.5 Å². The van der Waals surface area contributed by atoms with Crippen molar-refractivity contribution >= 4 is 17.8 Å². The number of carbonyl (C=O) groups is 3. The highest BCUT2D eigenvalue weighted by Gasteiger charge is 2.51. The fourth-order valence-electron chi connectivity index (χ4n) is 6.01. The Balaban J connectivity index is 1.23. The number of phenolic OH excluding ortho intramolecular Hbond substituents is 1. The van der Waals surface area contributed by atoms with Gasteiger partial charge in [-0.15, -0.1) is 0 Å². The number of fused-ring (bicyclic) bond motifs is 2. The Hall–Kier alpha value is -3.85. The molecular weight excluding hydrogens is 560 g/mol. The zero-order valence-corrected chi connectivity index (χ0v) is 26.1. The van der Waals surface area contributed by atoms with Crippen LogP contribution >= 0.6 is 0 Å². The van der Waals surface area contributed by atoms with E-state index in [0.717, 1.165) is 37.7 Å². The van der Waals surface area contributed by atoms with Crippen LogP contribution in [0.5, 0.6) is 11.5 Å². The molecule has 4 atom stereocenters. The number of benzene rings is 2. The highest BCUT2D eigenvalue weighted by atomic mass is 16.6. The third-order valence-corrected chi connectivity index (χ3v) is 8.40. The van der Waals surface area contributed by atoms with Crippen molar-refractivity contribution in [1.29, 1.82) is 0 Å². The first-order valence-electron chi connectivity index (χ1n) is 15.8. The Kier molecular flexibility index (Phi) is 12.2. The SMILES string of the molecule is CC(C)/C=C/CCCCC(=O)NCc1ccc(O)c(OCCOC(=O)C2C(OC(=O)c3ccccc3)C[C@H]3CC[C@H]2N3C)c1. The minimum atomic E-state index is -0.594. The molecule has 1 amide bonds. The summed E-state index contributed by atoms with van der Waals surface area (Å²) in [6, 6.07) is 13.9. The maximum absolute atomic E-state index is 13.3. The maximum atomic E-state index is 13.3. The van der Waals surface area contributed by atoms with E-state index in [1.807, 2.05) is 13.1 Å². The number of phenols is 1. The molecule has 2 heterocycles. The van der Waals surface area contributed by atoms with Gasteiger partial charge in [-0.1, -0.05) is 50.3 Å². The molecule has 0 spiro atoms. The van der Waals surface area contributed by atoms with Gasteiger partial charge in [0.2, 0.25) is 5.91 Å². The zero-order valence-electron chi connectivity index (χ0n) is 26.1. The van der Waals surface area contributed by atoms with Crippen LogP contribution in [0, 0.1) is 11.8 Å². The number of ether oxygens (including phenoxy) is 3. The lowest BCUT2D eigenvalue weighted by Gasteiger charge is -2.40. The van der Waals surface area contributed by atoms with Gasteiger partial charge in [0.05, 0.1) is 5.56 Å². The van der Waals surface area contributed by atoms with E-state index in [9.17, 15) is 19.5 Å². The van der Waals surface area contributed by atoms with Crippen LogP contribution in [0.15, 0.2) is 60.7 Å². The third kappa shape index (κ3) is 9.32. The molecule has 2 aromatic rings. The van der Waals surface area contributed by atoms with Gasteiger partial charge in [0.25, 0.3) is 0 Å². The van der Waals surface area contributed by atoms with E-state index in [-0.39, 0.29) is 42.7 Å². The van der Waals surface area contributed by atoms with Crippen LogP contribution in [0.25, 0.3) is 0 Å². The smallest absolute Gasteiger partial charge is 0.338 e. The first-order chi connectivity index (χ1) is 21.2. The van der Waals surface area contributed by atoms with Crippen molar-refractivity contribution in [3.05, 3.63) is 71.8 Å². The summed E-state index contributed by atoms with van der Waals surface area (Å²) in [6.45, 7) is 4.61. The van der Waals surface area contributed by atoms with E-state index in [2.05, 4.69) is 36.2 Å². The maximum Gasteiger partial charge on any atom is 0.338 e. The normalized spacial score (nSPS) is 21.4. The lowest BCUT2D eigenvalue weighted by atomic mass is 9.87. The molecule has 44 heavy (non-hydrogen) atoms. The summed E-state index contributed by atoms with van der Waals surface area (Å²) < 4.78 is 17.2. The molecular formula is C35H46N2O7. The number of amides is 1. The number of aromatic hydroxyl groups is 1. The predicted molar refractivity (Wildman–Crippen MR) is 167 cm³/mol. The lowest BCUT2D eigenvalue weighted by molar-refractivity contribution is -0.159. The molecule has 2 aliphatic rings. The number of carbonyl (C=O) groups excluding carboxylic acids is 3. The van der Waals surface area contributed by atoms with Crippen LogP contribution in [0.2, 0.25) is 0 Å². The van der Waals surface area contributed by atoms with Crippen LogP contribution in [0.3, 0.4) is 0 Å². The van der Waals surface area contributed by atoms with Crippen molar-refractivity contribution < 1.29 is 33.7 Å². The van der Waals surface area contributed by atoms with E-state index >= 15 is 0 Å². The quantitative estimate of drug-likeness (QED) is 0.157. The van der Waals surface area contributed by atoms with Gasteiger partial charge >= 0.3 is 11.9 Å². The van der Waals surface area contributed by atoms with Gasteiger partial charge in [-0.3, -0.25) is 14.5 Å². The molecule has 2 aliphatic heterocycles. The van der Waals surface area contributed by atoms with Crippen molar-refractivity contribution in [3.8, 4) is 11.5 Å². The summed E-state index contributed by atoms with van der Waals surface area (Å²) in [7, 11) is 2.01. The molecule has 0 saturated carbocycles. The highest BCUT2D eigenvalue weighted by Crippen LogP contribution is 2.40. The third-order valence-electron chi connectivity index (χ3n) is 8.40. The minimum absolute atomic E-state index is 0.0185. The van der Waals surface area contributed by atoms with Crippen LogP contribution in [0.1, 0.15) is 74.7 Å². The van der Waals surface area contributed by atoms with Crippen LogP contribution in [-0.2, 0) is 25.6 Å². The Morgan fingerprint density at radius 3 is 2.64 bits per heavy atom. The molecule has 0 radical (unpaired) electrons. The average molecular weight is 607 g/mol. The summed E-state index contributed by atoms with van der Waals surface area (Å²) in [5.41, 5.74) is 1.23. The van der Waals surface area contributed by atoms with Crippen molar-refractivity contribution in [2.45, 2.75) is 83.5 Å². The molecule has 0 aromatic heterocycles. The second-order valence-corrected chi connectivity index (χ2v) is 12.0. The second kappa shape index (κ2) is 16.3. The molecule has 2 N–H and O–H groups in total. The number of unbranched alkanes of at least 4 members (excludes halogenated alkanes) is 2. The molecule has 2 fully saturated rings. The number of piperidine rings is 1. The van der Waals surface area contributed by atoms with Gasteiger partial charge in [-0.05, 0) is 74.9 Å². The number of nitrogens with one attached hydrogen (secondary N) is 1. The number of hydrogen-bond acceptors (Lipinski definition) is 8. The summed E-state index contributed by atoms with van der Waals surface area (Å²) in [5.74, 6) is -0.735. The van der Waals surface area contributed by atoms with Crippen molar-refractivity contribution in [2.75, 3.05) is 20.3 Å². The number of esters is 2. The topological polar surface area (TPSA) is 114 Å². The fraction of sp³-hybridized carbons (Fsp3) is 0.514. The highest BCUT2D eigenvalue weighted by molar-refractivity contribution is 5.89. The lowest BCUT2D eigenvalue weighted by Crippen LogP contribution is -2.53. The number of rotatable bonds is 15. The first-order valence-corrected chi connectivity index (χ1v) is 15.8. The molecule has 9 nitrogen and oxygen atoms in total. The molecule has 2 aromatic carbocycles. The molecule has 2 bridgehead atoms. The van der Waals surface area contributed by atoms with Crippen molar-refractivity contribution in [2.24, 2.45) is 11.8 Å². The van der Waals surface area contributed by atoms with E-state index < -0.39 is 24.0 Å². The fourth-order valence-corrected chi connectivity index (χ4v) is 6.01. The molecule has 0 aliphatic carbocycles. The second-order valence-electron chi connectivity index (χ2n) is 12.0. The van der Waals surface area contributed by atoms with Crippen molar-refractivity contribution in [1.82, 2.24) is 10.2 Å². The van der Waals surface area contributed by atoms with E-state index in [1.165, 1.54) is 6.07 Å².